The first kappa shape index (κ1) is 26.0. The van der Waals surface area contributed by atoms with Crippen LogP contribution in [0.5, 0.6) is 0 Å². The van der Waals surface area contributed by atoms with Crippen molar-refractivity contribution in [3.05, 3.63) is 59.7 Å². The Kier molecular flexibility index (Phi) is 5.72. The van der Waals surface area contributed by atoms with Crippen LogP contribution in [0.4, 0.5) is 8.78 Å². The number of rotatable bonds is 4. The molecule has 2 N–H and O–H groups in total. The Morgan fingerprint density at radius 2 is 1.89 bits per heavy atom. The van der Waals surface area contributed by atoms with Gasteiger partial charge in [0.1, 0.15) is 12.8 Å². The Morgan fingerprint density at radius 3 is 2.58 bits per heavy atom. The van der Waals surface area contributed by atoms with E-state index in [1.54, 1.807) is 13.8 Å². The first-order chi connectivity index (χ1) is 17.9. The normalized spacial score (nSPS) is 48.0. The maximum atomic E-state index is 17.4. The Labute approximate surface area is 220 Å². The third-order valence-corrected chi connectivity index (χ3v) is 10.7. The van der Waals surface area contributed by atoms with E-state index in [-0.39, 0.29) is 30.8 Å². The number of benzene rings is 1. The lowest BCUT2D eigenvalue weighted by molar-refractivity contribution is -0.235. The molecule has 204 valence electrons. The summed E-state index contributed by atoms with van der Waals surface area (Å²) >= 11 is 0. The number of fused-ring (bicyclic) bond motifs is 7. The molecular formula is C30H34F2O6. The van der Waals surface area contributed by atoms with Crippen molar-refractivity contribution in [2.24, 2.45) is 22.7 Å². The van der Waals surface area contributed by atoms with Gasteiger partial charge in [-0.2, -0.15) is 0 Å². The molecule has 0 bridgehead atoms. The molecule has 5 aliphatic rings. The van der Waals surface area contributed by atoms with Gasteiger partial charge in [-0.05, 0) is 55.4 Å². The fourth-order valence-corrected chi connectivity index (χ4v) is 8.73. The van der Waals surface area contributed by atoms with Gasteiger partial charge in [0.15, 0.2) is 29.1 Å². The lowest BCUT2D eigenvalue weighted by atomic mass is 9.44. The smallest absolute Gasteiger partial charge is 0.193 e. The van der Waals surface area contributed by atoms with E-state index in [2.05, 4.69) is 0 Å². The molecule has 0 radical (unpaired) electrons. The number of aliphatic hydroxyl groups excluding tert-OH is 2. The van der Waals surface area contributed by atoms with E-state index in [9.17, 15) is 19.8 Å². The first-order valence-electron chi connectivity index (χ1n) is 13.4. The molecule has 4 aliphatic carbocycles. The number of Topliss-reactive ketones (excluding diaryl/α,β-unsaturated/α-hetero) is 1. The predicted molar refractivity (Wildman–Crippen MR) is 133 cm³/mol. The Bertz CT molecular complexity index is 1230. The average Bonchev–Trinajstić information content (AvgIpc) is 3.40. The molecule has 8 heteroatoms. The number of hydrogen-bond acceptors (Lipinski definition) is 6. The molecule has 0 unspecified atom stereocenters. The van der Waals surface area contributed by atoms with Gasteiger partial charge in [0.25, 0.3) is 0 Å². The van der Waals surface area contributed by atoms with Crippen LogP contribution in [0.1, 0.15) is 51.5 Å². The second-order valence-electron chi connectivity index (χ2n) is 12.2. The van der Waals surface area contributed by atoms with Crippen LogP contribution >= 0.6 is 0 Å². The second kappa shape index (κ2) is 8.37. The molecule has 4 fully saturated rings. The van der Waals surface area contributed by atoms with Gasteiger partial charge in [-0.15, -0.1) is 0 Å². The van der Waals surface area contributed by atoms with Crippen molar-refractivity contribution in [1.29, 1.82) is 0 Å². The summed E-state index contributed by atoms with van der Waals surface area (Å²) in [7, 11) is 0. The van der Waals surface area contributed by atoms with Gasteiger partial charge in [-0.3, -0.25) is 9.59 Å². The summed E-state index contributed by atoms with van der Waals surface area (Å²) in [5, 5.41) is 21.6. The summed E-state index contributed by atoms with van der Waals surface area (Å²) in [4.78, 5) is 25.6. The lowest BCUT2D eigenvalue weighted by Gasteiger charge is -2.63. The second-order valence-corrected chi connectivity index (χ2v) is 12.2. The van der Waals surface area contributed by atoms with E-state index < -0.39 is 76.8 Å². The zero-order valence-corrected chi connectivity index (χ0v) is 21.8. The number of alkyl halides is 2. The third-order valence-electron chi connectivity index (χ3n) is 10.7. The molecule has 0 spiro atoms. The maximum Gasteiger partial charge on any atom is 0.193 e. The standard InChI is InChI=1S/C30H34F2O6/c1-16(17-7-5-4-6-8-17)26-37-25-13-19-20-12-22(31)21-11-18(34)9-10-27(21,2)29(20,32)23(35)14-28(19,3)30(25,38-26)24(36)15-33/h4-11,16,19-20,22-23,25-26,33,35H,12-15H2,1-3H3/t16-,19-,20-,22-,23-,25+,26+,27-,28-,29-,30+/m0/s1. The van der Waals surface area contributed by atoms with E-state index in [4.69, 9.17) is 9.47 Å². The van der Waals surface area contributed by atoms with Crippen LogP contribution in [0.15, 0.2) is 54.1 Å². The fraction of sp³-hybridized carbons (Fsp3) is 0.600. The van der Waals surface area contributed by atoms with Gasteiger partial charge >= 0.3 is 0 Å². The molecule has 1 aliphatic heterocycles. The van der Waals surface area contributed by atoms with E-state index in [0.717, 1.165) is 11.6 Å². The number of carbonyl (C=O) groups is 2. The van der Waals surface area contributed by atoms with Gasteiger partial charge in [-0.1, -0.05) is 50.3 Å². The quantitative estimate of drug-likeness (QED) is 0.618. The monoisotopic (exact) mass is 528 g/mol. The van der Waals surface area contributed by atoms with Crippen LogP contribution in [-0.2, 0) is 19.1 Å². The molecule has 38 heavy (non-hydrogen) atoms. The van der Waals surface area contributed by atoms with E-state index >= 15 is 8.78 Å². The Hall–Kier alpha value is -2.26. The van der Waals surface area contributed by atoms with E-state index in [1.165, 1.54) is 12.2 Å². The molecule has 1 aromatic rings. The molecule has 6 rings (SSSR count). The van der Waals surface area contributed by atoms with Crippen molar-refractivity contribution in [3.8, 4) is 0 Å². The van der Waals surface area contributed by atoms with Crippen molar-refractivity contribution < 1.29 is 38.1 Å². The highest BCUT2D eigenvalue weighted by Gasteiger charge is 2.80. The van der Waals surface area contributed by atoms with Crippen LogP contribution in [-0.4, -0.2) is 64.3 Å². The van der Waals surface area contributed by atoms with Crippen LogP contribution in [0.3, 0.4) is 0 Å². The van der Waals surface area contributed by atoms with Crippen LogP contribution < -0.4 is 0 Å². The molecule has 6 nitrogen and oxygen atoms in total. The highest BCUT2D eigenvalue weighted by atomic mass is 19.1. The average molecular weight is 529 g/mol. The largest absolute Gasteiger partial charge is 0.390 e. The maximum absolute atomic E-state index is 17.4. The number of aliphatic hydroxyl groups is 2. The molecule has 1 saturated heterocycles. The lowest BCUT2D eigenvalue weighted by Crippen LogP contribution is -2.71. The van der Waals surface area contributed by atoms with Crippen molar-refractivity contribution in [1.82, 2.24) is 0 Å². The number of hydrogen-bond donors (Lipinski definition) is 2. The van der Waals surface area contributed by atoms with Crippen LogP contribution in [0.25, 0.3) is 0 Å². The minimum Gasteiger partial charge on any atom is -0.390 e. The fourth-order valence-electron chi connectivity index (χ4n) is 8.73. The van der Waals surface area contributed by atoms with Gasteiger partial charge in [0, 0.05) is 22.7 Å². The zero-order valence-electron chi connectivity index (χ0n) is 21.8. The summed E-state index contributed by atoms with van der Waals surface area (Å²) in [6, 6.07) is 9.58. The molecule has 0 aromatic heterocycles. The summed E-state index contributed by atoms with van der Waals surface area (Å²) < 4.78 is 46.0. The SMILES string of the molecule is C[C@@H](c1ccccc1)[C@@H]1O[C@@H]2C[C@H]3[C@@H]4C[C@H](F)C5=CC(=O)C=C[C@]5(C)[C@@]4(F)[C@@H](O)C[C@]3(C)[C@]2(C(=O)CO)O1. The van der Waals surface area contributed by atoms with Crippen LogP contribution in [0.2, 0.25) is 0 Å². The van der Waals surface area contributed by atoms with E-state index in [1.807, 2.05) is 37.3 Å². The molecule has 0 amide bonds. The molecule has 1 aromatic carbocycles. The topological polar surface area (TPSA) is 93.1 Å². The summed E-state index contributed by atoms with van der Waals surface area (Å²) in [6.07, 6.45) is -1.05. The van der Waals surface area contributed by atoms with Crippen molar-refractivity contribution in [2.45, 2.75) is 81.9 Å². The summed E-state index contributed by atoms with van der Waals surface area (Å²) in [6.45, 7) is 4.47. The Balaban J connectivity index is 1.42. The number of ether oxygens (including phenoxy) is 2. The summed E-state index contributed by atoms with van der Waals surface area (Å²) in [5.41, 5.74) is -5.49. The molecule has 3 saturated carbocycles. The van der Waals surface area contributed by atoms with Gasteiger partial charge < -0.3 is 19.7 Å². The number of ketones is 2. The van der Waals surface area contributed by atoms with Crippen molar-refractivity contribution in [2.75, 3.05) is 6.61 Å². The molecule has 11 atom stereocenters. The van der Waals surface area contributed by atoms with Crippen molar-refractivity contribution in [3.63, 3.8) is 0 Å². The number of allylic oxidation sites excluding steroid dienone is 4. The summed E-state index contributed by atoms with van der Waals surface area (Å²) in [5.74, 6) is -2.73. The Morgan fingerprint density at radius 1 is 1.18 bits per heavy atom. The number of carbonyl (C=O) groups excluding carboxylic acids is 2. The van der Waals surface area contributed by atoms with Gasteiger partial charge in [0.05, 0.1) is 12.2 Å². The molecular weight excluding hydrogens is 494 g/mol. The van der Waals surface area contributed by atoms with Gasteiger partial charge in [0.2, 0.25) is 0 Å². The molecule has 1 heterocycles. The third kappa shape index (κ3) is 3.00. The minimum atomic E-state index is -2.26. The van der Waals surface area contributed by atoms with E-state index in [0.29, 0.717) is 0 Å². The number of halogens is 2. The highest BCUT2D eigenvalue weighted by molar-refractivity contribution is 6.01. The first-order valence-corrected chi connectivity index (χ1v) is 13.4. The van der Waals surface area contributed by atoms with Crippen LogP contribution in [0, 0.1) is 22.7 Å². The zero-order chi connectivity index (χ0) is 27.3. The predicted octanol–water partition coefficient (Wildman–Crippen LogP) is 3.76. The van der Waals surface area contributed by atoms with Crippen molar-refractivity contribution >= 4 is 11.6 Å². The minimum absolute atomic E-state index is 0.0509. The van der Waals surface area contributed by atoms with Gasteiger partial charge in [-0.25, -0.2) is 8.78 Å². The highest BCUT2D eigenvalue weighted by Crippen LogP contribution is 2.72.